The first kappa shape index (κ1) is 35.2. The lowest BCUT2D eigenvalue weighted by molar-refractivity contribution is -0.143. The van der Waals surface area contributed by atoms with Gasteiger partial charge in [0.05, 0.1) is 22.1 Å². The summed E-state index contributed by atoms with van der Waals surface area (Å²) in [5.74, 6) is -2.20. The van der Waals surface area contributed by atoms with E-state index in [1.54, 1.807) is 31.2 Å². The lowest BCUT2D eigenvalue weighted by Crippen LogP contribution is -2.39. The van der Waals surface area contributed by atoms with Crippen LogP contribution in [-0.2, 0) is 29.4 Å². The summed E-state index contributed by atoms with van der Waals surface area (Å²) in [6.07, 6.45) is 0.350. The number of hydrogen-bond donors (Lipinski definition) is 0. The van der Waals surface area contributed by atoms with Gasteiger partial charge in [-0.15, -0.1) is 0 Å². The summed E-state index contributed by atoms with van der Waals surface area (Å²) in [5.41, 5.74) is 5.89. The van der Waals surface area contributed by atoms with Crippen molar-refractivity contribution >= 4 is 74.5 Å². The Morgan fingerprint density at radius 3 is 1.76 bits per heavy atom. The number of sulfonamides is 1. The third-order valence-electron chi connectivity index (χ3n) is 8.85. The summed E-state index contributed by atoms with van der Waals surface area (Å²) in [6.45, 7) is 5.34. The van der Waals surface area contributed by atoms with E-state index in [1.165, 1.54) is 24.3 Å². The van der Waals surface area contributed by atoms with Crippen LogP contribution in [0.3, 0.4) is 0 Å². The number of aryl methyl sites for hydroxylation is 2. The van der Waals surface area contributed by atoms with E-state index < -0.39 is 37.0 Å². The van der Waals surface area contributed by atoms with E-state index in [2.05, 4.69) is 36.3 Å². The third-order valence-corrected chi connectivity index (χ3v) is 13.3. The standard InChI is InChI=1S/C38H33Br2NO6S2/c1-4-47-38(42)36-35(26-11-15-28(40)16-12-26)33-21-31(25-9-13-27(39)14-10-25)32(33)22-34(48(43,44)29-17-5-23(2)6-18-29)37(36)41-49(45,46)30-19-7-24(3)8-20-30/h5-20,34,36H,4,21-22H2,1-3H3/b41-37-. The highest BCUT2D eigenvalue weighted by atomic mass is 79.9. The molecule has 0 aliphatic heterocycles. The molecule has 0 amide bonds. The zero-order chi connectivity index (χ0) is 35.1. The normalized spacial score (nSPS) is 18.9. The van der Waals surface area contributed by atoms with Crippen molar-refractivity contribution in [3.63, 3.8) is 0 Å². The number of halogens is 2. The Morgan fingerprint density at radius 2 is 1.22 bits per heavy atom. The van der Waals surface area contributed by atoms with Gasteiger partial charge in [-0.3, -0.25) is 4.79 Å². The van der Waals surface area contributed by atoms with Crippen LogP contribution in [0.25, 0.3) is 11.1 Å². The zero-order valence-corrected chi connectivity index (χ0v) is 31.8. The summed E-state index contributed by atoms with van der Waals surface area (Å²) in [5, 5.41) is -1.51. The van der Waals surface area contributed by atoms with Crippen LogP contribution in [0.1, 0.15) is 42.0 Å². The van der Waals surface area contributed by atoms with Crippen LogP contribution in [0.2, 0.25) is 0 Å². The van der Waals surface area contributed by atoms with Crippen molar-refractivity contribution in [3.05, 3.63) is 139 Å². The molecule has 0 radical (unpaired) electrons. The average Bonchev–Trinajstić information content (AvgIpc) is 3.15. The van der Waals surface area contributed by atoms with Gasteiger partial charge in [0.2, 0.25) is 0 Å². The topological polar surface area (TPSA) is 107 Å². The SMILES string of the molecule is CCOC(=O)C1C(c2ccc(Br)cc2)=C2CC(c3ccc(Br)cc3)=C2CC(S(=O)(=O)c2ccc(C)cc2)/C1=N/S(=O)(=O)c1ccc(C)cc1. The van der Waals surface area contributed by atoms with Crippen LogP contribution in [0.15, 0.2) is 131 Å². The Hall–Kier alpha value is -3.64. The predicted octanol–water partition coefficient (Wildman–Crippen LogP) is 8.69. The number of allylic oxidation sites excluding steroid dienone is 3. The van der Waals surface area contributed by atoms with E-state index in [1.807, 2.05) is 62.4 Å². The number of benzene rings is 4. The molecular weight excluding hydrogens is 790 g/mol. The molecule has 2 aliphatic carbocycles. The van der Waals surface area contributed by atoms with Crippen LogP contribution in [0, 0.1) is 19.8 Å². The summed E-state index contributed by atoms with van der Waals surface area (Å²) < 4.78 is 69.5. The average molecular weight is 824 g/mol. The Balaban J connectivity index is 1.70. The van der Waals surface area contributed by atoms with Crippen LogP contribution < -0.4 is 0 Å². The summed E-state index contributed by atoms with van der Waals surface area (Å²) >= 11 is 6.98. The maximum absolute atomic E-state index is 14.8. The number of hydrogen-bond acceptors (Lipinski definition) is 6. The molecule has 4 aromatic carbocycles. The third kappa shape index (κ3) is 7.04. The molecule has 4 aromatic rings. The predicted molar refractivity (Wildman–Crippen MR) is 199 cm³/mol. The molecule has 0 N–H and O–H groups in total. The summed E-state index contributed by atoms with van der Waals surface area (Å²) in [7, 11) is -8.81. The molecule has 2 aliphatic rings. The Morgan fingerprint density at radius 1 is 0.714 bits per heavy atom. The smallest absolute Gasteiger partial charge is 0.319 e. The molecule has 0 aromatic heterocycles. The van der Waals surface area contributed by atoms with Crippen LogP contribution >= 0.6 is 31.9 Å². The van der Waals surface area contributed by atoms with Crippen molar-refractivity contribution in [2.75, 3.05) is 6.61 Å². The Labute approximate surface area is 304 Å². The minimum absolute atomic E-state index is 0.00149. The molecule has 7 nitrogen and oxygen atoms in total. The number of ether oxygens (including phenoxy) is 1. The summed E-state index contributed by atoms with van der Waals surface area (Å²) in [4.78, 5) is 14.1. The number of carbonyl (C=O) groups is 1. The maximum Gasteiger partial charge on any atom is 0.319 e. The Bertz CT molecular complexity index is 2240. The van der Waals surface area contributed by atoms with Gasteiger partial charge in [-0.25, -0.2) is 8.42 Å². The van der Waals surface area contributed by atoms with Crippen LogP contribution in [0.4, 0.5) is 0 Å². The molecule has 0 heterocycles. The van der Waals surface area contributed by atoms with Crippen molar-refractivity contribution in [1.29, 1.82) is 0 Å². The van der Waals surface area contributed by atoms with E-state index in [0.717, 1.165) is 42.4 Å². The first-order chi connectivity index (χ1) is 23.3. The molecule has 49 heavy (non-hydrogen) atoms. The zero-order valence-electron chi connectivity index (χ0n) is 27.0. The second-order valence-corrected chi connectivity index (χ2v) is 17.6. The van der Waals surface area contributed by atoms with Gasteiger partial charge in [0.15, 0.2) is 9.84 Å². The molecule has 2 atom stereocenters. The largest absolute Gasteiger partial charge is 0.465 e. The lowest BCUT2D eigenvalue weighted by Gasteiger charge is -2.31. The van der Waals surface area contributed by atoms with Gasteiger partial charge in [-0.05, 0) is 116 Å². The fourth-order valence-electron chi connectivity index (χ4n) is 6.30. The minimum Gasteiger partial charge on any atom is -0.465 e. The van der Waals surface area contributed by atoms with E-state index >= 15 is 0 Å². The molecule has 0 saturated heterocycles. The second kappa shape index (κ2) is 13.9. The van der Waals surface area contributed by atoms with Crippen molar-refractivity contribution in [3.8, 4) is 0 Å². The molecular formula is C38H33Br2NO6S2. The van der Waals surface area contributed by atoms with Crippen molar-refractivity contribution in [2.24, 2.45) is 10.3 Å². The molecule has 0 saturated carbocycles. The first-order valence-electron chi connectivity index (χ1n) is 15.7. The maximum atomic E-state index is 14.8. The minimum atomic E-state index is -4.49. The molecule has 0 spiro atoms. The molecule has 11 heteroatoms. The molecule has 252 valence electrons. The van der Waals surface area contributed by atoms with Gasteiger partial charge in [-0.2, -0.15) is 12.8 Å². The van der Waals surface area contributed by atoms with Gasteiger partial charge < -0.3 is 4.74 Å². The molecule has 6 rings (SSSR count). The Kier molecular flexibility index (Phi) is 10.0. The number of esters is 1. The van der Waals surface area contributed by atoms with E-state index in [9.17, 15) is 21.6 Å². The number of carbonyl (C=O) groups excluding carboxylic acids is 1. The second-order valence-electron chi connectivity index (χ2n) is 12.1. The highest BCUT2D eigenvalue weighted by molar-refractivity contribution is 9.10. The number of fused-ring (bicyclic) bond motifs is 1. The summed E-state index contributed by atoms with van der Waals surface area (Å²) in [6, 6.07) is 27.6. The highest BCUT2D eigenvalue weighted by Crippen LogP contribution is 2.52. The molecule has 0 fully saturated rings. The monoisotopic (exact) mass is 821 g/mol. The van der Waals surface area contributed by atoms with Gasteiger partial charge in [0.25, 0.3) is 10.0 Å². The van der Waals surface area contributed by atoms with Gasteiger partial charge in [-0.1, -0.05) is 91.5 Å². The fraction of sp³-hybridized carbons (Fsp3) is 0.211. The van der Waals surface area contributed by atoms with Crippen molar-refractivity contribution in [1.82, 2.24) is 0 Å². The van der Waals surface area contributed by atoms with E-state index in [4.69, 9.17) is 4.74 Å². The van der Waals surface area contributed by atoms with Gasteiger partial charge in [0, 0.05) is 8.95 Å². The van der Waals surface area contributed by atoms with Crippen molar-refractivity contribution < 1.29 is 26.4 Å². The van der Waals surface area contributed by atoms with Gasteiger partial charge >= 0.3 is 5.97 Å². The highest BCUT2D eigenvalue weighted by Gasteiger charge is 2.49. The van der Waals surface area contributed by atoms with Crippen LogP contribution in [0.5, 0.6) is 0 Å². The van der Waals surface area contributed by atoms with E-state index in [-0.39, 0.29) is 28.5 Å². The first-order valence-corrected chi connectivity index (χ1v) is 20.2. The van der Waals surface area contributed by atoms with Gasteiger partial charge in [0.1, 0.15) is 11.2 Å². The molecule has 2 unspecified atom stereocenters. The van der Waals surface area contributed by atoms with E-state index in [0.29, 0.717) is 17.6 Å². The number of sulfone groups is 1. The number of nitrogens with zero attached hydrogens (tertiary/aromatic N) is 1. The fourth-order valence-corrected chi connectivity index (χ4v) is 9.73. The lowest BCUT2D eigenvalue weighted by atomic mass is 9.73. The van der Waals surface area contributed by atoms with Crippen LogP contribution in [-0.4, -0.2) is 40.4 Å². The number of rotatable bonds is 8. The quantitative estimate of drug-likeness (QED) is 0.165. The molecule has 0 bridgehead atoms. The van der Waals surface area contributed by atoms with Crippen molar-refractivity contribution in [2.45, 2.75) is 48.7 Å².